The van der Waals surface area contributed by atoms with E-state index in [1.165, 1.54) is 10.9 Å². The molecule has 9 heteroatoms. The van der Waals surface area contributed by atoms with E-state index >= 15 is 0 Å². The van der Waals surface area contributed by atoms with Crippen LogP contribution in [0.2, 0.25) is 0 Å². The average Bonchev–Trinajstić information content (AvgIpc) is 3.31. The van der Waals surface area contributed by atoms with Crippen LogP contribution in [0.3, 0.4) is 0 Å². The first-order valence-corrected chi connectivity index (χ1v) is 8.42. The molecule has 3 N–H and O–H groups in total. The fourth-order valence-corrected chi connectivity index (χ4v) is 2.73. The summed E-state index contributed by atoms with van der Waals surface area (Å²) < 4.78 is 3.14. The molecule has 0 unspecified atom stereocenters. The minimum atomic E-state index is -0.750. The normalized spacial score (nSPS) is 10.8. The molecule has 0 saturated carbocycles. The second-order valence-electron chi connectivity index (χ2n) is 6.07. The van der Waals surface area contributed by atoms with Gasteiger partial charge in [-0.1, -0.05) is 24.3 Å². The van der Waals surface area contributed by atoms with Crippen LogP contribution in [0.4, 0.5) is 0 Å². The summed E-state index contributed by atoms with van der Waals surface area (Å²) in [5.74, 6) is -1.64. The third kappa shape index (κ3) is 3.16. The van der Waals surface area contributed by atoms with Crippen LogP contribution in [0.1, 0.15) is 26.7 Å². The highest BCUT2D eigenvalue weighted by atomic mass is 16.3. The predicted molar refractivity (Wildman–Crippen MR) is 100 cm³/mol. The van der Waals surface area contributed by atoms with E-state index in [0.29, 0.717) is 11.3 Å². The lowest BCUT2D eigenvalue weighted by Gasteiger charge is -2.04. The molecule has 9 nitrogen and oxygen atoms in total. The minimum Gasteiger partial charge on any atom is -0.504 e. The first-order chi connectivity index (χ1) is 13.5. The number of hydrogen-bond acceptors (Lipinski definition) is 5. The Labute approximate surface area is 159 Å². The fraction of sp³-hybridized carbons (Fsp3) is 0.0526. The van der Waals surface area contributed by atoms with Crippen molar-refractivity contribution in [1.29, 1.82) is 0 Å². The molecule has 3 heterocycles. The number of aryl methyl sites for hydroxylation is 1. The van der Waals surface area contributed by atoms with Crippen molar-refractivity contribution in [3.63, 3.8) is 0 Å². The third-order valence-corrected chi connectivity index (χ3v) is 4.15. The quantitative estimate of drug-likeness (QED) is 0.470. The van der Waals surface area contributed by atoms with Crippen molar-refractivity contribution in [3.05, 3.63) is 78.0 Å². The van der Waals surface area contributed by atoms with Gasteiger partial charge in [-0.3, -0.25) is 20.4 Å². The van der Waals surface area contributed by atoms with E-state index in [2.05, 4.69) is 20.9 Å². The third-order valence-electron chi connectivity index (χ3n) is 4.15. The number of amides is 2. The van der Waals surface area contributed by atoms with Gasteiger partial charge >= 0.3 is 0 Å². The van der Waals surface area contributed by atoms with Crippen molar-refractivity contribution in [2.24, 2.45) is 0 Å². The average molecular weight is 376 g/mol. The SMILES string of the molecule is Cc1cccc2nc(C(=O)NNC(=O)c3nn(-c4ccccc4)cc3O)cn12. The summed E-state index contributed by atoms with van der Waals surface area (Å²) in [6, 6.07) is 14.5. The number of aromatic nitrogens is 4. The number of hydrogen-bond donors (Lipinski definition) is 3. The number of nitrogens with zero attached hydrogens (tertiary/aromatic N) is 4. The number of nitrogens with one attached hydrogen (secondary N) is 2. The topological polar surface area (TPSA) is 114 Å². The zero-order valence-electron chi connectivity index (χ0n) is 14.8. The van der Waals surface area contributed by atoms with E-state index in [0.717, 1.165) is 5.69 Å². The minimum absolute atomic E-state index is 0.147. The van der Waals surface area contributed by atoms with Gasteiger partial charge in [0.2, 0.25) is 0 Å². The number of imidazole rings is 1. The number of para-hydroxylation sites is 1. The molecule has 0 aliphatic carbocycles. The maximum atomic E-state index is 12.3. The number of benzene rings is 1. The summed E-state index contributed by atoms with van der Waals surface area (Å²) in [4.78, 5) is 28.8. The van der Waals surface area contributed by atoms with Gasteiger partial charge in [0.05, 0.1) is 11.9 Å². The first-order valence-electron chi connectivity index (χ1n) is 8.42. The van der Waals surface area contributed by atoms with Crippen molar-refractivity contribution >= 4 is 17.5 Å². The zero-order chi connectivity index (χ0) is 19.7. The molecule has 4 aromatic rings. The van der Waals surface area contributed by atoms with Crippen LogP contribution in [0.5, 0.6) is 5.75 Å². The summed E-state index contributed by atoms with van der Waals surface area (Å²) in [6.45, 7) is 1.89. The molecule has 1 aromatic carbocycles. The number of pyridine rings is 1. The summed E-state index contributed by atoms with van der Waals surface area (Å²) >= 11 is 0. The van der Waals surface area contributed by atoms with Crippen LogP contribution in [0, 0.1) is 6.92 Å². The molecule has 0 bridgehead atoms. The van der Waals surface area contributed by atoms with Gasteiger partial charge in [-0.25, -0.2) is 9.67 Å². The number of fused-ring (bicyclic) bond motifs is 1. The van der Waals surface area contributed by atoms with Gasteiger partial charge in [0.1, 0.15) is 11.3 Å². The monoisotopic (exact) mass is 376 g/mol. The van der Waals surface area contributed by atoms with E-state index in [4.69, 9.17) is 0 Å². The lowest BCUT2D eigenvalue weighted by molar-refractivity contribution is 0.0839. The standard InChI is InChI=1S/C19H16N6O3/c1-12-6-5-9-16-20-14(10-24(12)16)18(27)21-22-19(28)17-15(26)11-25(23-17)13-7-3-2-4-8-13/h2-11,26H,1H3,(H,21,27)(H,22,28). The van der Waals surface area contributed by atoms with E-state index in [1.54, 1.807) is 28.8 Å². The number of carbonyl (C=O) groups is 2. The summed E-state index contributed by atoms with van der Waals surface area (Å²) in [5, 5.41) is 14.1. The van der Waals surface area contributed by atoms with Crippen LogP contribution >= 0.6 is 0 Å². The lowest BCUT2D eigenvalue weighted by Crippen LogP contribution is -2.42. The van der Waals surface area contributed by atoms with E-state index in [-0.39, 0.29) is 17.1 Å². The molecular weight excluding hydrogens is 360 g/mol. The van der Waals surface area contributed by atoms with Crippen LogP contribution in [-0.4, -0.2) is 36.1 Å². The Kier molecular flexibility index (Phi) is 4.24. The Hall–Kier alpha value is -4.14. The molecule has 0 spiro atoms. The van der Waals surface area contributed by atoms with Crippen molar-refractivity contribution in [3.8, 4) is 11.4 Å². The maximum absolute atomic E-state index is 12.3. The Morgan fingerprint density at radius 2 is 1.71 bits per heavy atom. The van der Waals surface area contributed by atoms with Crippen LogP contribution in [-0.2, 0) is 0 Å². The highest BCUT2D eigenvalue weighted by Gasteiger charge is 2.19. The molecule has 28 heavy (non-hydrogen) atoms. The second kappa shape index (κ2) is 6.88. The number of carbonyl (C=O) groups excluding carboxylic acids is 2. The Balaban J connectivity index is 1.47. The van der Waals surface area contributed by atoms with Crippen LogP contribution in [0.25, 0.3) is 11.3 Å². The molecular formula is C19H16N6O3. The van der Waals surface area contributed by atoms with Gasteiger partial charge in [0.15, 0.2) is 11.4 Å². The second-order valence-corrected chi connectivity index (χ2v) is 6.07. The van der Waals surface area contributed by atoms with Crippen molar-refractivity contribution < 1.29 is 14.7 Å². The summed E-state index contributed by atoms with van der Waals surface area (Å²) in [6.07, 6.45) is 2.89. The van der Waals surface area contributed by atoms with Crippen molar-refractivity contribution in [2.45, 2.75) is 6.92 Å². The number of hydrazine groups is 1. The molecule has 0 aliphatic rings. The van der Waals surface area contributed by atoms with Gasteiger partial charge in [-0.2, -0.15) is 5.10 Å². The molecule has 3 aromatic heterocycles. The van der Waals surface area contributed by atoms with Crippen molar-refractivity contribution in [2.75, 3.05) is 0 Å². The largest absolute Gasteiger partial charge is 0.504 e. The van der Waals surface area contributed by atoms with Gasteiger partial charge < -0.3 is 9.51 Å². The Morgan fingerprint density at radius 3 is 2.46 bits per heavy atom. The Bertz CT molecular complexity index is 1180. The molecule has 0 fully saturated rings. The van der Waals surface area contributed by atoms with Gasteiger partial charge in [0.25, 0.3) is 11.8 Å². The smallest absolute Gasteiger partial charge is 0.294 e. The fourth-order valence-electron chi connectivity index (χ4n) is 2.73. The van der Waals surface area contributed by atoms with Gasteiger partial charge in [-0.15, -0.1) is 0 Å². The first kappa shape index (κ1) is 17.3. The number of rotatable bonds is 3. The van der Waals surface area contributed by atoms with E-state index in [1.807, 2.05) is 37.3 Å². The molecule has 2 amide bonds. The maximum Gasteiger partial charge on any atom is 0.294 e. The molecule has 140 valence electrons. The van der Waals surface area contributed by atoms with Gasteiger partial charge in [0, 0.05) is 11.9 Å². The molecule has 0 radical (unpaired) electrons. The highest BCUT2D eigenvalue weighted by Crippen LogP contribution is 2.17. The predicted octanol–water partition coefficient (Wildman–Crippen LogP) is 1.61. The summed E-state index contributed by atoms with van der Waals surface area (Å²) in [7, 11) is 0. The molecule has 0 aliphatic heterocycles. The molecule has 0 atom stereocenters. The highest BCUT2D eigenvalue weighted by molar-refractivity contribution is 5.98. The van der Waals surface area contributed by atoms with Crippen LogP contribution < -0.4 is 10.9 Å². The summed E-state index contributed by atoms with van der Waals surface area (Å²) in [5.41, 5.74) is 6.67. The lowest BCUT2D eigenvalue weighted by atomic mass is 10.3. The van der Waals surface area contributed by atoms with Gasteiger partial charge in [-0.05, 0) is 31.2 Å². The van der Waals surface area contributed by atoms with E-state index in [9.17, 15) is 14.7 Å². The number of aromatic hydroxyl groups is 1. The van der Waals surface area contributed by atoms with Crippen LogP contribution in [0.15, 0.2) is 60.9 Å². The Morgan fingerprint density at radius 1 is 0.964 bits per heavy atom. The van der Waals surface area contributed by atoms with Crippen molar-refractivity contribution in [1.82, 2.24) is 30.0 Å². The zero-order valence-corrected chi connectivity index (χ0v) is 14.8. The van der Waals surface area contributed by atoms with E-state index < -0.39 is 11.8 Å². The molecule has 0 saturated heterocycles. The molecule has 4 rings (SSSR count).